The zero-order valence-corrected chi connectivity index (χ0v) is 24.9. The number of hydrogen-bond acceptors (Lipinski definition) is 7. The van der Waals surface area contributed by atoms with Crippen LogP contribution >= 0.6 is 46.6 Å². The Morgan fingerprint density at radius 2 is 1.61 bits per heavy atom. The molecule has 0 saturated carbocycles. The molecule has 0 radical (unpaired) electrons. The van der Waals surface area contributed by atoms with E-state index in [0.717, 1.165) is 18.6 Å². The van der Waals surface area contributed by atoms with Crippen molar-refractivity contribution in [2.75, 3.05) is 12.4 Å². The minimum absolute atomic E-state index is 0.274. The highest BCUT2D eigenvalue weighted by molar-refractivity contribution is 7.99. The minimum Gasteiger partial charge on any atom is -0.457 e. The first-order valence-electron chi connectivity index (χ1n) is 13.1. The van der Waals surface area contributed by atoms with E-state index in [4.69, 9.17) is 53.8 Å². The monoisotopic (exact) mass is 589 g/mol. The molecule has 2 aliphatic rings. The lowest BCUT2D eigenvalue weighted by Crippen LogP contribution is -2.68. The molecule has 0 bridgehead atoms. The van der Waals surface area contributed by atoms with Gasteiger partial charge < -0.3 is 24.3 Å². The van der Waals surface area contributed by atoms with Gasteiger partial charge in [-0.2, -0.15) is 0 Å². The molecule has 0 aromatic rings. The van der Waals surface area contributed by atoms with Crippen molar-refractivity contribution in [1.29, 1.82) is 0 Å². The van der Waals surface area contributed by atoms with Crippen LogP contribution in [0.5, 0.6) is 0 Å². The summed E-state index contributed by atoms with van der Waals surface area (Å²) >= 11 is 19.0. The van der Waals surface area contributed by atoms with E-state index < -0.39 is 51.2 Å². The summed E-state index contributed by atoms with van der Waals surface area (Å²) in [5.74, 6) is -1.39. The van der Waals surface area contributed by atoms with Crippen LogP contribution in [0.2, 0.25) is 0 Å². The van der Waals surface area contributed by atoms with Gasteiger partial charge in [0.05, 0.1) is 6.61 Å². The zero-order valence-electron chi connectivity index (χ0n) is 21.9. The molecule has 7 nitrogen and oxygen atoms in total. The maximum absolute atomic E-state index is 12.6. The van der Waals surface area contributed by atoms with Crippen LogP contribution in [0.1, 0.15) is 91.9 Å². The zero-order chi connectivity index (χ0) is 26.8. The summed E-state index contributed by atoms with van der Waals surface area (Å²) < 4.78 is 21.6. The summed E-state index contributed by atoms with van der Waals surface area (Å²) in [5.41, 5.74) is -0.529. The van der Waals surface area contributed by atoms with Gasteiger partial charge in [-0.3, -0.25) is 9.59 Å². The topological polar surface area (TPSA) is 83.1 Å². The summed E-state index contributed by atoms with van der Waals surface area (Å²) in [5, 5.41) is 2.74. The second-order valence-electron chi connectivity index (χ2n) is 9.96. The highest BCUT2D eigenvalue weighted by Crippen LogP contribution is 2.38. The van der Waals surface area contributed by atoms with Gasteiger partial charge in [0.15, 0.2) is 11.9 Å². The lowest BCUT2D eigenvalue weighted by atomic mass is 9.96. The van der Waals surface area contributed by atoms with E-state index in [1.165, 1.54) is 58.3 Å². The van der Waals surface area contributed by atoms with Crippen LogP contribution in [0, 0.1) is 0 Å². The smallest absolute Gasteiger partial charge is 0.303 e. The van der Waals surface area contributed by atoms with Gasteiger partial charge in [0.25, 0.3) is 9.70 Å². The van der Waals surface area contributed by atoms with E-state index in [1.807, 2.05) is 0 Å². The first-order chi connectivity index (χ1) is 16.9. The molecule has 11 heteroatoms. The molecule has 0 aromatic heterocycles. The molecule has 0 aliphatic carbocycles. The van der Waals surface area contributed by atoms with Gasteiger partial charge in [-0.1, -0.05) is 99.5 Å². The van der Waals surface area contributed by atoms with Crippen LogP contribution in [0.25, 0.3) is 0 Å². The number of nitrogens with one attached hydrogen (secondary N) is 1. The standard InChI is InChI=1S/C25H42Cl3NO6S/c1-5-6-7-8-9-10-11-12-13-14-15-36-22-19(29-23(31)25(26,27)28)21(33-17(2)30)20-18(34-22)16-32-24(3,4)35-20/h18-22H,5-16H2,1-4H3,(H,29,31)/t18-,19-,20-,21-,22+/m1/s1. The molecule has 2 heterocycles. The highest BCUT2D eigenvalue weighted by atomic mass is 35.6. The van der Waals surface area contributed by atoms with E-state index in [1.54, 1.807) is 25.6 Å². The van der Waals surface area contributed by atoms with Crippen molar-refractivity contribution >= 4 is 58.4 Å². The Hall–Kier alpha value is 0.0400. The normalized spacial score (nSPS) is 27.8. The van der Waals surface area contributed by atoms with Crippen molar-refractivity contribution in [3.63, 3.8) is 0 Å². The molecule has 2 saturated heterocycles. The Kier molecular flexibility index (Phi) is 14.0. The predicted molar refractivity (Wildman–Crippen MR) is 146 cm³/mol. The third-order valence-corrected chi connectivity index (χ3v) is 8.07. The molecule has 210 valence electrons. The summed E-state index contributed by atoms with van der Waals surface area (Å²) in [6.07, 6.45) is 10.5. The molecule has 5 atom stereocenters. The van der Waals surface area contributed by atoms with E-state index in [-0.39, 0.29) is 6.61 Å². The summed E-state index contributed by atoms with van der Waals surface area (Å²) in [4.78, 5) is 24.6. The number of carbonyl (C=O) groups excluding carboxylic acids is 2. The Balaban J connectivity index is 1.96. The fourth-order valence-electron chi connectivity index (χ4n) is 4.47. The number of esters is 1. The largest absolute Gasteiger partial charge is 0.457 e. The number of unbranched alkanes of at least 4 members (excludes halogenated alkanes) is 9. The number of hydrogen-bond donors (Lipinski definition) is 1. The highest BCUT2D eigenvalue weighted by Gasteiger charge is 2.54. The van der Waals surface area contributed by atoms with Gasteiger partial charge in [-0.05, 0) is 26.0 Å². The van der Waals surface area contributed by atoms with Crippen molar-refractivity contribution in [2.45, 2.75) is 131 Å². The van der Waals surface area contributed by atoms with Crippen LogP contribution in [-0.4, -0.2) is 63.6 Å². The fourth-order valence-corrected chi connectivity index (χ4v) is 5.89. The molecule has 1 N–H and O–H groups in total. The van der Waals surface area contributed by atoms with Crippen LogP contribution in [0.15, 0.2) is 0 Å². The molecule has 2 aliphatic heterocycles. The van der Waals surface area contributed by atoms with Gasteiger partial charge in [0.1, 0.15) is 23.7 Å². The van der Waals surface area contributed by atoms with E-state index >= 15 is 0 Å². The summed E-state index contributed by atoms with van der Waals surface area (Å²) in [6.45, 7) is 7.37. The van der Waals surface area contributed by atoms with Gasteiger partial charge >= 0.3 is 5.97 Å². The lowest BCUT2D eigenvalue weighted by Gasteiger charge is -2.51. The van der Waals surface area contributed by atoms with Crippen molar-refractivity contribution in [2.24, 2.45) is 0 Å². The molecule has 0 unspecified atom stereocenters. The molecule has 2 rings (SSSR count). The van der Waals surface area contributed by atoms with Crippen molar-refractivity contribution < 1.29 is 28.5 Å². The van der Waals surface area contributed by atoms with E-state index in [0.29, 0.717) is 0 Å². The van der Waals surface area contributed by atoms with Crippen LogP contribution in [0.3, 0.4) is 0 Å². The molecular formula is C25H42Cl3NO6S. The second-order valence-corrected chi connectivity index (χ2v) is 13.4. The Bertz CT molecular complexity index is 693. The fraction of sp³-hybridized carbons (Fsp3) is 0.920. The van der Waals surface area contributed by atoms with Crippen LogP contribution in [0.4, 0.5) is 0 Å². The Morgan fingerprint density at radius 1 is 1.03 bits per heavy atom. The van der Waals surface area contributed by atoms with Crippen LogP contribution < -0.4 is 5.32 Å². The molecule has 36 heavy (non-hydrogen) atoms. The molecule has 1 amide bonds. The van der Waals surface area contributed by atoms with Gasteiger partial charge in [0, 0.05) is 6.92 Å². The number of carbonyl (C=O) groups is 2. The lowest BCUT2D eigenvalue weighted by molar-refractivity contribution is -0.342. The number of alkyl halides is 3. The van der Waals surface area contributed by atoms with Gasteiger partial charge in [0.2, 0.25) is 0 Å². The molecular weight excluding hydrogens is 549 g/mol. The number of rotatable bonds is 14. The Morgan fingerprint density at radius 3 is 2.17 bits per heavy atom. The second kappa shape index (κ2) is 15.6. The Labute approximate surface area is 235 Å². The maximum Gasteiger partial charge on any atom is 0.303 e. The summed E-state index contributed by atoms with van der Waals surface area (Å²) in [6, 6.07) is -0.764. The third kappa shape index (κ3) is 11.0. The SMILES string of the molecule is CCCCCCCCCCCCS[C@@H]1O[C@@H]2COC(C)(C)O[C@H]2[C@H](OC(C)=O)[C@H]1NC(=O)C(Cl)(Cl)Cl. The van der Waals surface area contributed by atoms with Crippen LogP contribution in [-0.2, 0) is 28.5 Å². The van der Waals surface area contributed by atoms with Crippen molar-refractivity contribution in [1.82, 2.24) is 5.32 Å². The quantitative estimate of drug-likeness (QED) is 0.144. The first kappa shape index (κ1) is 32.3. The number of thioether (sulfide) groups is 1. The van der Waals surface area contributed by atoms with Gasteiger partial charge in [-0.15, -0.1) is 11.8 Å². The average molecular weight is 591 g/mol. The predicted octanol–water partition coefficient (Wildman–Crippen LogP) is 6.30. The molecule has 0 aromatic carbocycles. The number of ether oxygens (including phenoxy) is 4. The van der Waals surface area contributed by atoms with E-state index in [9.17, 15) is 9.59 Å². The van der Waals surface area contributed by atoms with E-state index in [2.05, 4.69) is 12.2 Å². The molecule has 0 spiro atoms. The molecule has 2 fully saturated rings. The third-order valence-electron chi connectivity index (χ3n) is 6.30. The number of amides is 1. The average Bonchev–Trinajstić information content (AvgIpc) is 2.78. The van der Waals surface area contributed by atoms with Gasteiger partial charge in [-0.25, -0.2) is 0 Å². The van der Waals surface area contributed by atoms with Crippen molar-refractivity contribution in [3.05, 3.63) is 0 Å². The number of halogens is 3. The summed E-state index contributed by atoms with van der Waals surface area (Å²) in [7, 11) is 0. The van der Waals surface area contributed by atoms with Crippen molar-refractivity contribution in [3.8, 4) is 0 Å². The first-order valence-corrected chi connectivity index (χ1v) is 15.3. The minimum atomic E-state index is -2.17. The maximum atomic E-state index is 12.6. The number of fused-ring (bicyclic) bond motifs is 1.